The number of nitrogens with zero attached hydrogens (tertiary/aromatic N) is 1. The Morgan fingerprint density at radius 1 is 1.32 bits per heavy atom. The van der Waals surface area contributed by atoms with Gasteiger partial charge in [0.15, 0.2) is 0 Å². The molecule has 156 valence electrons. The van der Waals surface area contributed by atoms with Crippen LogP contribution in [-0.2, 0) is 25.9 Å². The second kappa shape index (κ2) is 7.65. The number of hydrogen-bond donors (Lipinski definition) is 1. The van der Waals surface area contributed by atoms with Crippen LogP contribution in [0.1, 0.15) is 46.1 Å². The first-order chi connectivity index (χ1) is 13.0. The highest BCUT2D eigenvalue weighted by molar-refractivity contribution is 7.89. The van der Waals surface area contributed by atoms with Crippen LogP contribution < -0.4 is 5.32 Å². The molecule has 0 saturated carbocycles. The van der Waals surface area contributed by atoms with Crippen LogP contribution in [0.2, 0.25) is 0 Å². The lowest BCUT2D eigenvalue weighted by atomic mass is 10.0. The maximum absolute atomic E-state index is 13.0. The molecule has 1 atom stereocenters. The Balaban J connectivity index is 1.59. The van der Waals surface area contributed by atoms with E-state index < -0.39 is 21.7 Å². The van der Waals surface area contributed by atoms with Crippen molar-refractivity contribution in [3.8, 4) is 0 Å². The van der Waals surface area contributed by atoms with E-state index >= 15 is 0 Å². The van der Waals surface area contributed by atoms with E-state index in [0.717, 1.165) is 5.56 Å². The van der Waals surface area contributed by atoms with Gasteiger partial charge in [-0.05, 0) is 58.2 Å². The fraction of sp³-hybridized carbons (Fsp3) is 0.650. The molecule has 8 heteroatoms. The van der Waals surface area contributed by atoms with Gasteiger partial charge in [-0.25, -0.2) is 13.2 Å². The number of amides is 1. The smallest absolute Gasteiger partial charge is 0.407 e. The molecule has 1 unspecified atom stereocenters. The topological polar surface area (TPSA) is 88.2 Å². The van der Waals surface area contributed by atoms with Crippen LogP contribution in [0.15, 0.2) is 29.2 Å². The monoisotopic (exact) mass is 410 g/mol. The first-order valence-electron chi connectivity index (χ1n) is 9.69. The number of piperidine rings is 1. The van der Waals surface area contributed by atoms with Crippen LogP contribution in [0, 0.1) is 0 Å². The summed E-state index contributed by atoms with van der Waals surface area (Å²) in [5.41, 5.74) is 0.248. The summed E-state index contributed by atoms with van der Waals surface area (Å²) in [6.07, 6.45) is 1.36. The lowest BCUT2D eigenvalue weighted by molar-refractivity contribution is 0.0489. The molecule has 0 aliphatic carbocycles. The molecule has 0 aromatic heterocycles. The largest absolute Gasteiger partial charge is 0.444 e. The molecule has 0 spiro atoms. The minimum atomic E-state index is -3.55. The molecule has 1 aromatic rings. The van der Waals surface area contributed by atoms with E-state index in [0.29, 0.717) is 43.9 Å². The average molecular weight is 411 g/mol. The van der Waals surface area contributed by atoms with Gasteiger partial charge in [-0.3, -0.25) is 0 Å². The Labute approximate surface area is 167 Å². The summed E-state index contributed by atoms with van der Waals surface area (Å²) in [7, 11) is -3.55. The van der Waals surface area contributed by atoms with E-state index in [1.54, 1.807) is 18.2 Å². The SMILES string of the molecule is CC(C)(C)OC(=O)NC1CCN(S(=O)(=O)c2cccc(CC3(C)CO3)c2)CC1. The Hall–Kier alpha value is -1.64. The predicted octanol–water partition coefficient (Wildman–Crippen LogP) is 2.70. The van der Waals surface area contributed by atoms with E-state index in [1.165, 1.54) is 4.31 Å². The average Bonchev–Trinajstić information content (AvgIpc) is 3.30. The Bertz CT molecular complexity index is 819. The number of alkyl carbamates (subject to hydrolysis) is 1. The van der Waals surface area contributed by atoms with Gasteiger partial charge < -0.3 is 14.8 Å². The van der Waals surface area contributed by atoms with Gasteiger partial charge in [-0.1, -0.05) is 12.1 Å². The molecule has 1 N–H and O–H groups in total. The molecule has 7 nitrogen and oxygen atoms in total. The zero-order valence-electron chi connectivity index (χ0n) is 17.0. The van der Waals surface area contributed by atoms with Crippen LogP contribution in [0.25, 0.3) is 0 Å². The summed E-state index contributed by atoms with van der Waals surface area (Å²) in [6.45, 7) is 8.91. The normalized spacial score (nSPS) is 24.0. The number of carbonyl (C=O) groups is 1. The molecule has 0 bridgehead atoms. The summed E-state index contributed by atoms with van der Waals surface area (Å²) >= 11 is 0. The summed E-state index contributed by atoms with van der Waals surface area (Å²) < 4.78 is 38.2. The predicted molar refractivity (Wildman–Crippen MR) is 106 cm³/mol. The number of hydrogen-bond acceptors (Lipinski definition) is 5. The van der Waals surface area contributed by atoms with Crippen molar-refractivity contribution in [1.82, 2.24) is 9.62 Å². The van der Waals surface area contributed by atoms with Crippen LogP contribution in [0.3, 0.4) is 0 Å². The molecular weight excluding hydrogens is 380 g/mol. The standard InChI is InChI=1S/C20H30N2O5S/c1-19(2,3)27-18(23)21-16-8-10-22(11-9-16)28(24,25)17-7-5-6-15(12-17)13-20(4)14-26-20/h5-7,12,16H,8-11,13-14H2,1-4H3,(H,21,23). The third-order valence-corrected chi connectivity index (χ3v) is 6.82. The second-order valence-corrected chi connectivity index (χ2v) is 10.8. The van der Waals surface area contributed by atoms with E-state index in [-0.39, 0.29) is 11.6 Å². The molecule has 1 amide bonds. The number of ether oxygens (including phenoxy) is 2. The van der Waals surface area contributed by atoms with Gasteiger partial charge in [0.05, 0.1) is 17.1 Å². The van der Waals surface area contributed by atoms with Gasteiger partial charge >= 0.3 is 6.09 Å². The van der Waals surface area contributed by atoms with Crippen molar-refractivity contribution in [2.75, 3.05) is 19.7 Å². The lowest BCUT2D eigenvalue weighted by Crippen LogP contribution is -2.47. The Morgan fingerprint density at radius 2 is 1.96 bits per heavy atom. The molecule has 2 saturated heterocycles. The van der Waals surface area contributed by atoms with Crippen molar-refractivity contribution in [3.05, 3.63) is 29.8 Å². The summed E-state index contributed by atoms with van der Waals surface area (Å²) in [4.78, 5) is 12.2. The minimum absolute atomic E-state index is 0.0837. The van der Waals surface area contributed by atoms with Gasteiger partial charge in [-0.15, -0.1) is 0 Å². The molecule has 28 heavy (non-hydrogen) atoms. The zero-order valence-corrected chi connectivity index (χ0v) is 17.8. The highest BCUT2D eigenvalue weighted by Gasteiger charge is 2.39. The van der Waals surface area contributed by atoms with Gasteiger partial charge in [-0.2, -0.15) is 4.31 Å². The van der Waals surface area contributed by atoms with E-state index in [9.17, 15) is 13.2 Å². The minimum Gasteiger partial charge on any atom is -0.444 e. The number of rotatable bonds is 5. The highest BCUT2D eigenvalue weighted by Crippen LogP contribution is 2.31. The Kier molecular flexibility index (Phi) is 5.76. The van der Waals surface area contributed by atoms with E-state index in [2.05, 4.69) is 5.32 Å². The van der Waals surface area contributed by atoms with Crippen molar-refractivity contribution in [2.24, 2.45) is 0 Å². The second-order valence-electron chi connectivity index (χ2n) is 8.89. The molecular formula is C20H30N2O5S. The summed E-state index contributed by atoms with van der Waals surface area (Å²) in [5, 5.41) is 2.83. The molecule has 0 radical (unpaired) electrons. The first kappa shape index (κ1) is 21.1. The quantitative estimate of drug-likeness (QED) is 0.754. The maximum Gasteiger partial charge on any atom is 0.407 e. The van der Waals surface area contributed by atoms with E-state index in [1.807, 2.05) is 33.8 Å². The van der Waals surface area contributed by atoms with Gasteiger partial charge in [0, 0.05) is 25.6 Å². The molecule has 2 aliphatic heterocycles. The van der Waals surface area contributed by atoms with Crippen molar-refractivity contribution >= 4 is 16.1 Å². The van der Waals surface area contributed by atoms with Crippen LogP contribution in [0.4, 0.5) is 4.79 Å². The van der Waals surface area contributed by atoms with Crippen molar-refractivity contribution < 1.29 is 22.7 Å². The Morgan fingerprint density at radius 3 is 2.54 bits per heavy atom. The van der Waals surface area contributed by atoms with Gasteiger partial charge in [0.25, 0.3) is 0 Å². The molecule has 1 aromatic carbocycles. The molecule has 2 fully saturated rings. The fourth-order valence-electron chi connectivity index (χ4n) is 3.34. The third-order valence-electron chi connectivity index (χ3n) is 4.93. The summed E-state index contributed by atoms with van der Waals surface area (Å²) in [6, 6.07) is 7.01. The first-order valence-corrected chi connectivity index (χ1v) is 11.1. The fourth-order valence-corrected chi connectivity index (χ4v) is 4.88. The van der Waals surface area contributed by atoms with Gasteiger partial charge in [0.1, 0.15) is 5.60 Å². The number of benzene rings is 1. The summed E-state index contributed by atoms with van der Waals surface area (Å²) in [5.74, 6) is 0. The van der Waals surface area contributed by atoms with Crippen molar-refractivity contribution in [2.45, 2.75) is 69.1 Å². The van der Waals surface area contributed by atoms with Crippen LogP contribution >= 0.6 is 0 Å². The zero-order chi connectivity index (χ0) is 20.6. The van der Waals surface area contributed by atoms with E-state index in [4.69, 9.17) is 9.47 Å². The molecule has 2 heterocycles. The van der Waals surface area contributed by atoms with Crippen molar-refractivity contribution in [1.29, 1.82) is 0 Å². The lowest BCUT2D eigenvalue weighted by Gasteiger charge is -2.32. The van der Waals surface area contributed by atoms with Crippen LogP contribution in [0.5, 0.6) is 0 Å². The molecule has 2 aliphatic rings. The van der Waals surface area contributed by atoms with Crippen molar-refractivity contribution in [3.63, 3.8) is 0 Å². The van der Waals surface area contributed by atoms with Gasteiger partial charge in [0.2, 0.25) is 10.0 Å². The highest BCUT2D eigenvalue weighted by atomic mass is 32.2. The number of carbonyl (C=O) groups excluding carboxylic acids is 1. The third kappa shape index (κ3) is 5.46. The molecule has 3 rings (SSSR count). The maximum atomic E-state index is 13.0. The van der Waals surface area contributed by atoms with Crippen LogP contribution in [-0.4, -0.2) is 55.8 Å². The number of epoxide rings is 1. The number of nitrogens with one attached hydrogen (secondary N) is 1. The number of sulfonamides is 1.